The molecule has 0 radical (unpaired) electrons. The van der Waals surface area contributed by atoms with Crippen molar-refractivity contribution in [2.75, 3.05) is 6.61 Å². The van der Waals surface area contributed by atoms with Gasteiger partial charge in [-0.15, -0.1) is 0 Å². The Morgan fingerprint density at radius 3 is 2.26 bits per heavy atom. The Balaban J connectivity index is 0.00000882. The standard InChI is InChI=1S/C26H38N4O11.H2O/c1-13(24(37)30-17(23(27)36)9-10-19(33)34)28-25(38)14(2)40-22-20(29-15(3)32)26(41-18(11-31)21(22)35)39-12-16-7-5-4-6-8-16;/h4-8,13-14,17-18,20-22,26,31,35H,9-12H2,1-3H3,(H2,27,36)(H,28,38)(H,29,32)(H,30,37)(H,33,34);1H2/t13?,14?,17?,18-,20-,21-,22-,26+;/m1./s1. The summed E-state index contributed by atoms with van der Waals surface area (Å²) in [5.74, 6) is -4.19. The molecular weight excluding hydrogens is 560 g/mol. The average molecular weight is 601 g/mol. The van der Waals surface area contributed by atoms with Gasteiger partial charge in [-0.2, -0.15) is 0 Å². The third kappa shape index (κ3) is 11.0. The first kappa shape index (κ1) is 36.4. The van der Waals surface area contributed by atoms with Gasteiger partial charge in [0.25, 0.3) is 0 Å². The van der Waals surface area contributed by atoms with Crippen molar-refractivity contribution in [1.29, 1.82) is 0 Å². The van der Waals surface area contributed by atoms with E-state index in [9.17, 15) is 34.2 Å². The Kier molecular flexibility index (Phi) is 15.0. The average Bonchev–Trinajstić information content (AvgIpc) is 2.92. The van der Waals surface area contributed by atoms with Gasteiger partial charge in [-0.25, -0.2) is 0 Å². The number of carbonyl (C=O) groups is 5. The maximum Gasteiger partial charge on any atom is 0.303 e. The molecule has 4 amide bonds. The lowest BCUT2D eigenvalue weighted by Gasteiger charge is -2.44. The molecule has 0 aromatic heterocycles. The van der Waals surface area contributed by atoms with Crippen molar-refractivity contribution >= 4 is 29.6 Å². The Morgan fingerprint density at radius 1 is 1.07 bits per heavy atom. The van der Waals surface area contributed by atoms with E-state index in [4.69, 9.17) is 25.1 Å². The minimum absolute atomic E-state index is 0. The molecule has 1 aliphatic rings. The van der Waals surface area contributed by atoms with Gasteiger partial charge in [0.2, 0.25) is 23.6 Å². The van der Waals surface area contributed by atoms with Gasteiger partial charge in [0.15, 0.2) is 6.29 Å². The molecule has 1 aromatic rings. The fourth-order valence-electron chi connectivity index (χ4n) is 4.06. The third-order valence-electron chi connectivity index (χ3n) is 6.27. The summed E-state index contributed by atoms with van der Waals surface area (Å²) in [6.07, 6.45) is -7.01. The van der Waals surface area contributed by atoms with Gasteiger partial charge < -0.3 is 56.7 Å². The van der Waals surface area contributed by atoms with Gasteiger partial charge in [0.05, 0.1) is 13.2 Å². The molecule has 16 nitrogen and oxygen atoms in total. The van der Waals surface area contributed by atoms with Gasteiger partial charge in [0.1, 0.15) is 42.5 Å². The van der Waals surface area contributed by atoms with Crippen LogP contribution in [0.1, 0.15) is 39.2 Å². The Labute approximate surface area is 242 Å². The van der Waals surface area contributed by atoms with Gasteiger partial charge in [-0.1, -0.05) is 30.3 Å². The number of aliphatic hydroxyl groups excluding tert-OH is 2. The first-order valence-corrected chi connectivity index (χ1v) is 13.0. The van der Waals surface area contributed by atoms with Crippen LogP contribution in [0.3, 0.4) is 0 Å². The minimum Gasteiger partial charge on any atom is -0.481 e. The van der Waals surface area contributed by atoms with Crippen molar-refractivity contribution in [3.05, 3.63) is 35.9 Å². The number of hydrogen-bond donors (Lipinski definition) is 7. The Bertz CT molecular complexity index is 1060. The highest BCUT2D eigenvalue weighted by atomic mass is 16.7. The van der Waals surface area contributed by atoms with E-state index in [0.29, 0.717) is 0 Å². The zero-order valence-electron chi connectivity index (χ0n) is 23.5. The largest absolute Gasteiger partial charge is 0.481 e. The van der Waals surface area contributed by atoms with Crippen molar-refractivity contribution in [2.45, 2.75) is 89.1 Å². The van der Waals surface area contributed by atoms with Crippen molar-refractivity contribution in [1.82, 2.24) is 16.0 Å². The second kappa shape index (κ2) is 17.3. The number of benzene rings is 1. The summed E-state index contributed by atoms with van der Waals surface area (Å²) in [4.78, 5) is 59.8. The van der Waals surface area contributed by atoms with Crippen LogP contribution in [0.2, 0.25) is 0 Å². The molecular formula is C26H40N4O12. The number of carbonyl (C=O) groups excluding carboxylic acids is 4. The van der Waals surface area contributed by atoms with E-state index in [2.05, 4.69) is 16.0 Å². The van der Waals surface area contributed by atoms with Gasteiger partial charge in [0, 0.05) is 13.3 Å². The smallest absolute Gasteiger partial charge is 0.303 e. The fraction of sp³-hybridized carbons (Fsp3) is 0.577. The number of aliphatic hydroxyl groups is 2. The van der Waals surface area contributed by atoms with E-state index in [1.54, 1.807) is 0 Å². The molecule has 0 saturated carbocycles. The minimum atomic E-state index is -1.48. The van der Waals surface area contributed by atoms with E-state index in [0.717, 1.165) is 5.56 Å². The lowest BCUT2D eigenvalue weighted by Crippen LogP contribution is -2.66. The molecule has 16 heteroatoms. The number of rotatable bonds is 15. The molecule has 1 aliphatic heterocycles. The molecule has 42 heavy (non-hydrogen) atoms. The lowest BCUT2D eigenvalue weighted by molar-refractivity contribution is -0.283. The maximum atomic E-state index is 12.9. The second-order valence-electron chi connectivity index (χ2n) is 9.61. The summed E-state index contributed by atoms with van der Waals surface area (Å²) in [6, 6.07) is 5.54. The molecule has 0 bridgehead atoms. The van der Waals surface area contributed by atoms with Gasteiger partial charge >= 0.3 is 5.97 Å². The van der Waals surface area contributed by atoms with E-state index in [1.165, 1.54) is 20.8 Å². The molecule has 236 valence electrons. The Morgan fingerprint density at radius 2 is 1.71 bits per heavy atom. The van der Waals surface area contributed by atoms with Crippen LogP contribution in [0.4, 0.5) is 0 Å². The molecule has 1 saturated heterocycles. The first-order valence-electron chi connectivity index (χ1n) is 13.0. The molecule has 2 rings (SSSR count). The zero-order valence-corrected chi connectivity index (χ0v) is 23.5. The van der Waals surface area contributed by atoms with Crippen molar-refractivity contribution in [3.63, 3.8) is 0 Å². The number of carboxylic acids is 1. The number of ether oxygens (including phenoxy) is 3. The predicted octanol–water partition coefficient (Wildman–Crippen LogP) is -2.93. The molecule has 8 atom stereocenters. The molecule has 0 spiro atoms. The number of nitrogens with two attached hydrogens (primary N) is 1. The number of primary amides is 1. The summed E-state index contributed by atoms with van der Waals surface area (Å²) in [5, 5.41) is 36.8. The molecule has 1 heterocycles. The van der Waals surface area contributed by atoms with Crippen LogP contribution in [0.15, 0.2) is 30.3 Å². The quantitative estimate of drug-likeness (QED) is 0.107. The molecule has 3 unspecified atom stereocenters. The van der Waals surface area contributed by atoms with Crippen LogP contribution < -0.4 is 21.7 Å². The van der Waals surface area contributed by atoms with E-state index in [1.807, 2.05) is 30.3 Å². The highest BCUT2D eigenvalue weighted by Gasteiger charge is 2.48. The summed E-state index contributed by atoms with van der Waals surface area (Å²) in [6.45, 7) is 3.37. The molecule has 1 fully saturated rings. The summed E-state index contributed by atoms with van der Waals surface area (Å²) < 4.78 is 17.4. The van der Waals surface area contributed by atoms with Gasteiger partial charge in [-0.3, -0.25) is 24.0 Å². The second-order valence-corrected chi connectivity index (χ2v) is 9.61. The topological polar surface area (TPSA) is 267 Å². The van der Waals surface area contributed by atoms with Crippen LogP contribution >= 0.6 is 0 Å². The lowest BCUT2D eigenvalue weighted by atomic mass is 9.96. The first-order chi connectivity index (χ1) is 19.3. The predicted molar refractivity (Wildman–Crippen MR) is 144 cm³/mol. The number of hydrogen-bond acceptors (Lipinski definition) is 10. The van der Waals surface area contributed by atoms with Crippen LogP contribution in [0, 0.1) is 0 Å². The molecule has 10 N–H and O–H groups in total. The monoisotopic (exact) mass is 600 g/mol. The third-order valence-corrected chi connectivity index (χ3v) is 6.27. The van der Waals surface area contributed by atoms with Crippen molar-refractivity contribution < 1.29 is 59.0 Å². The number of carboxylic acid groups (broad SMARTS) is 1. The van der Waals surface area contributed by atoms with E-state index < -0.39 is 91.5 Å². The zero-order chi connectivity index (χ0) is 30.7. The highest BCUT2D eigenvalue weighted by molar-refractivity contribution is 5.92. The SMILES string of the molecule is CC(=O)N[C@H]1[C@@H](OCc2ccccc2)O[C@H](CO)[C@@H](O)[C@@H]1OC(C)C(=O)NC(C)C(=O)NC(CCC(=O)O)C(N)=O.O. The molecule has 0 aliphatic carbocycles. The van der Waals surface area contributed by atoms with Crippen LogP contribution in [-0.2, 0) is 44.8 Å². The van der Waals surface area contributed by atoms with Crippen LogP contribution in [0.5, 0.6) is 0 Å². The summed E-state index contributed by atoms with van der Waals surface area (Å²) in [5.41, 5.74) is 6.02. The molecule has 1 aromatic carbocycles. The summed E-state index contributed by atoms with van der Waals surface area (Å²) >= 11 is 0. The van der Waals surface area contributed by atoms with E-state index >= 15 is 0 Å². The van der Waals surface area contributed by atoms with Gasteiger partial charge in [-0.05, 0) is 25.8 Å². The van der Waals surface area contributed by atoms with Crippen molar-refractivity contribution in [2.24, 2.45) is 5.73 Å². The fourth-order valence-corrected chi connectivity index (χ4v) is 4.06. The maximum absolute atomic E-state index is 12.9. The number of nitrogens with one attached hydrogen (secondary N) is 3. The normalized spacial score (nSPS) is 23.8. The summed E-state index contributed by atoms with van der Waals surface area (Å²) in [7, 11) is 0. The van der Waals surface area contributed by atoms with Crippen LogP contribution in [-0.4, -0.2) is 106 Å². The van der Waals surface area contributed by atoms with E-state index in [-0.39, 0.29) is 18.5 Å². The Hall–Kier alpha value is -3.67. The number of aliphatic carboxylic acids is 1. The highest BCUT2D eigenvalue weighted by Crippen LogP contribution is 2.26. The van der Waals surface area contributed by atoms with Crippen molar-refractivity contribution in [3.8, 4) is 0 Å². The van der Waals surface area contributed by atoms with Crippen LogP contribution in [0.25, 0.3) is 0 Å². The number of amides is 4.